The van der Waals surface area contributed by atoms with Crippen LogP contribution in [0.15, 0.2) is 67.0 Å². The molecule has 0 radical (unpaired) electrons. The van der Waals surface area contributed by atoms with E-state index in [1.807, 2.05) is 55.6 Å². The molecule has 2 aromatic heterocycles. The monoisotopic (exact) mass is 415 g/mol. The number of carbonyl (C=O) groups excluding carboxylic acids is 1. The van der Waals surface area contributed by atoms with Crippen LogP contribution in [0.1, 0.15) is 34.4 Å². The highest BCUT2D eigenvalue weighted by atomic mass is 16.2. The van der Waals surface area contributed by atoms with Crippen LogP contribution in [-0.4, -0.2) is 35.7 Å². The van der Waals surface area contributed by atoms with Crippen molar-refractivity contribution in [1.29, 1.82) is 0 Å². The van der Waals surface area contributed by atoms with Crippen LogP contribution in [-0.2, 0) is 24.3 Å². The SMILES string of the molecule is Cc1nccn1Cc1cccc(CNC(=O)C(Cc2ccccc2)n2nnnc2C)c1. The van der Waals surface area contributed by atoms with Crippen molar-refractivity contribution in [2.75, 3.05) is 0 Å². The summed E-state index contributed by atoms with van der Waals surface area (Å²) in [6.07, 6.45) is 4.28. The minimum absolute atomic E-state index is 0.116. The van der Waals surface area contributed by atoms with E-state index in [2.05, 4.69) is 42.5 Å². The predicted molar refractivity (Wildman–Crippen MR) is 116 cm³/mol. The van der Waals surface area contributed by atoms with Crippen LogP contribution < -0.4 is 5.32 Å². The number of benzene rings is 2. The van der Waals surface area contributed by atoms with Crippen LogP contribution in [0.5, 0.6) is 0 Å². The third-order valence-corrected chi connectivity index (χ3v) is 5.26. The molecule has 31 heavy (non-hydrogen) atoms. The molecule has 0 saturated heterocycles. The molecule has 0 bridgehead atoms. The van der Waals surface area contributed by atoms with Crippen molar-refractivity contribution in [3.05, 3.63) is 95.3 Å². The smallest absolute Gasteiger partial charge is 0.245 e. The molecule has 8 heteroatoms. The third kappa shape index (κ3) is 5.03. The fraction of sp³-hybridized carbons (Fsp3) is 0.261. The summed E-state index contributed by atoms with van der Waals surface area (Å²) in [5.41, 5.74) is 3.25. The number of aryl methyl sites for hydroxylation is 2. The molecule has 2 aromatic carbocycles. The molecular formula is C23H25N7O. The van der Waals surface area contributed by atoms with Gasteiger partial charge in [-0.15, -0.1) is 5.10 Å². The van der Waals surface area contributed by atoms with E-state index in [4.69, 9.17) is 0 Å². The van der Waals surface area contributed by atoms with Crippen molar-refractivity contribution < 1.29 is 4.79 Å². The summed E-state index contributed by atoms with van der Waals surface area (Å²) < 4.78 is 3.68. The van der Waals surface area contributed by atoms with Crippen molar-refractivity contribution in [3.8, 4) is 0 Å². The minimum atomic E-state index is -0.519. The molecule has 0 aliphatic rings. The molecule has 1 unspecified atom stereocenters. The Bertz CT molecular complexity index is 1150. The van der Waals surface area contributed by atoms with Gasteiger partial charge in [-0.1, -0.05) is 54.6 Å². The largest absolute Gasteiger partial charge is 0.350 e. The number of nitrogens with one attached hydrogen (secondary N) is 1. The number of imidazole rings is 1. The van der Waals surface area contributed by atoms with Gasteiger partial charge in [-0.3, -0.25) is 4.79 Å². The molecule has 0 aliphatic heterocycles. The van der Waals surface area contributed by atoms with E-state index in [9.17, 15) is 4.79 Å². The van der Waals surface area contributed by atoms with Crippen LogP contribution in [0, 0.1) is 13.8 Å². The number of hydrogen-bond donors (Lipinski definition) is 1. The number of tetrazole rings is 1. The van der Waals surface area contributed by atoms with Gasteiger partial charge in [0.25, 0.3) is 0 Å². The van der Waals surface area contributed by atoms with E-state index in [1.165, 1.54) is 0 Å². The van der Waals surface area contributed by atoms with Crippen LogP contribution in [0.4, 0.5) is 0 Å². The summed E-state index contributed by atoms with van der Waals surface area (Å²) in [4.78, 5) is 17.4. The molecule has 1 amide bonds. The summed E-state index contributed by atoms with van der Waals surface area (Å²) in [6, 6.07) is 17.6. The molecule has 8 nitrogen and oxygen atoms in total. The first-order valence-electron chi connectivity index (χ1n) is 10.2. The number of carbonyl (C=O) groups is 1. The van der Waals surface area contributed by atoms with Gasteiger partial charge in [-0.05, 0) is 41.0 Å². The molecule has 0 spiro atoms. The van der Waals surface area contributed by atoms with Crippen LogP contribution in [0.25, 0.3) is 0 Å². The van der Waals surface area contributed by atoms with Gasteiger partial charge >= 0.3 is 0 Å². The normalized spacial score (nSPS) is 11.9. The van der Waals surface area contributed by atoms with Gasteiger partial charge in [0.1, 0.15) is 17.7 Å². The van der Waals surface area contributed by atoms with E-state index >= 15 is 0 Å². The standard InChI is InChI=1S/C23H25N7O/c1-17-24-11-12-29(17)16-21-10-6-9-20(13-21)15-25-23(31)22(30-18(2)26-27-28-30)14-19-7-4-3-5-8-19/h3-13,22H,14-16H2,1-2H3,(H,25,31). The molecular weight excluding hydrogens is 390 g/mol. The summed E-state index contributed by atoms with van der Waals surface area (Å²) in [6.45, 7) is 4.96. The van der Waals surface area contributed by atoms with Crippen molar-refractivity contribution >= 4 is 5.91 Å². The lowest BCUT2D eigenvalue weighted by Crippen LogP contribution is -2.34. The second kappa shape index (κ2) is 9.34. The Morgan fingerprint density at radius 3 is 2.48 bits per heavy atom. The Labute approximate surface area is 180 Å². The summed E-state index contributed by atoms with van der Waals surface area (Å²) in [5, 5.41) is 14.8. The summed E-state index contributed by atoms with van der Waals surface area (Å²) in [7, 11) is 0. The van der Waals surface area contributed by atoms with Crippen molar-refractivity contribution in [1.82, 2.24) is 35.1 Å². The molecule has 158 valence electrons. The van der Waals surface area contributed by atoms with Gasteiger partial charge < -0.3 is 9.88 Å². The van der Waals surface area contributed by atoms with Gasteiger partial charge in [0.15, 0.2) is 0 Å². The molecule has 4 rings (SSSR count). The Morgan fingerprint density at radius 1 is 1.00 bits per heavy atom. The van der Waals surface area contributed by atoms with E-state index in [1.54, 1.807) is 17.8 Å². The molecule has 0 aliphatic carbocycles. The molecule has 4 aromatic rings. The van der Waals surface area contributed by atoms with E-state index in [0.717, 1.165) is 29.1 Å². The zero-order valence-corrected chi connectivity index (χ0v) is 17.6. The van der Waals surface area contributed by atoms with Crippen LogP contribution in [0.2, 0.25) is 0 Å². The topological polar surface area (TPSA) is 90.5 Å². The average Bonchev–Trinajstić information content (AvgIpc) is 3.39. The highest BCUT2D eigenvalue weighted by molar-refractivity contribution is 5.80. The molecule has 1 N–H and O–H groups in total. The fourth-order valence-corrected chi connectivity index (χ4v) is 3.57. The number of hydrogen-bond acceptors (Lipinski definition) is 5. The third-order valence-electron chi connectivity index (χ3n) is 5.26. The number of aromatic nitrogens is 6. The highest BCUT2D eigenvalue weighted by Crippen LogP contribution is 2.16. The van der Waals surface area contributed by atoms with E-state index < -0.39 is 6.04 Å². The lowest BCUT2D eigenvalue weighted by atomic mass is 10.0. The van der Waals surface area contributed by atoms with Crippen molar-refractivity contribution in [2.45, 2.75) is 39.4 Å². The number of rotatable bonds is 8. The van der Waals surface area contributed by atoms with Crippen molar-refractivity contribution in [3.63, 3.8) is 0 Å². The first kappa shape index (κ1) is 20.5. The van der Waals surface area contributed by atoms with Crippen molar-refractivity contribution in [2.24, 2.45) is 0 Å². The zero-order chi connectivity index (χ0) is 21.6. The average molecular weight is 416 g/mol. The van der Waals surface area contributed by atoms with Crippen LogP contribution >= 0.6 is 0 Å². The van der Waals surface area contributed by atoms with E-state index in [0.29, 0.717) is 18.8 Å². The number of amides is 1. The second-order valence-electron chi connectivity index (χ2n) is 7.52. The zero-order valence-electron chi connectivity index (χ0n) is 17.6. The first-order chi connectivity index (χ1) is 15.1. The Hall–Kier alpha value is -3.81. The maximum Gasteiger partial charge on any atom is 0.245 e. The Morgan fingerprint density at radius 2 is 1.77 bits per heavy atom. The Kier molecular flexibility index (Phi) is 6.16. The van der Waals surface area contributed by atoms with Gasteiger partial charge in [-0.2, -0.15) is 0 Å². The van der Waals surface area contributed by atoms with Gasteiger partial charge in [0.2, 0.25) is 5.91 Å². The first-order valence-corrected chi connectivity index (χ1v) is 10.2. The fourth-order valence-electron chi connectivity index (χ4n) is 3.57. The second-order valence-corrected chi connectivity index (χ2v) is 7.52. The summed E-state index contributed by atoms with van der Waals surface area (Å²) in [5.74, 6) is 1.46. The molecule has 0 saturated carbocycles. The summed E-state index contributed by atoms with van der Waals surface area (Å²) >= 11 is 0. The van der Waals surface area contributed by atoms with Gasteiger partial charge in [-0.25, -0.2) is 9.67 Å². The Balaban J connectivity index is 1.46. The lowest BCUT2D eigenvalue weighted by molar-refractivity contribution is -0.124. The number of nitrogens with zero attached hydrogens (tertiary/aromatic N) is 6. The maximum atomic E-state index is 13.1. The quantitative estimate of drug-likeness (QED) is 0.478. The van der Waals surface area contributed by atoms with E-state index in [-0.39, 0.29) is 5.91 Å². The van der Waals surface area contributed by atoms with Crippen LogP contribution in [0.3, 0.4) is 0 Å². The van der Waals surface area contributed by atoms with Gasteiger partial charge in [0.05, 0.1) is 0 Å². The maximum absolute atomic E-state index is 13.1. The molecule has 1 atom stereocenters. The molecule has 2 heterocycles. The predicted octanol–water partition coefficient (Wildman–Crippen LogP) is 2.63. The highest BCUT2D eigenvalue weighted by Gasteiger charge is 2.24. The molecule has 0 fully saturated rings. The van der Waals surface area contributed by atoms with Gasteiger partial charge in [0, 0.05) is 31.9 Å². The lowest BCUT2D eigenvalue weighted by Gasteiger charge is -2.18. The minimum Gasteiger partial charge on any atom is -0.350 e.